The normalized spacial score (nSPS) is 14.8. The Morgan fingerprint density at radius 3 is 2.58 bits per heavy atom. The molecule has 1 aromatic heterocycles. The summed E-state index contributed by atoms with van der Waals surface area (Å²) in [5, 5.41) is 16.2. The molecule has 6 heteroatoms. The summed E-state index contributed by atoms with van der Waals surface area (Å²) in [6, 6.07) is 16.7. The average molecular weight is 349 g/mol. The highest BCUT2D eigenvalue weighted by atomic mass is 16.5. The van der Waals surface area contributed by atoms with Crippen molar-refractivity contribution in [3.8, 4) is 17.0 Å². The molecule has 4 rings (SSSR count). The highest BCUT2D eigenvalue weighted by Crippen LogP contribution is 2.25. The van der Waals surface area contributed by atoms with Gasteiger partial charge in [-0.3, -0.25) is 10.00 Å². The van der Waals surface area contributed by atoms with Crippen LogP contribution in [0, 0.1) is 0 Å². The fraction of sp³-hybridized carbons (Fsp3) is 0.200. The van der Waals surface area contributed by atoms with E-state index in [9.17, 15) is 4.79 Å². The van der Waals surface area contributed by atoms with Gasteiger partial charge in [0.1, 0.15) is 11.9 Å². The summed E-state index contributed by atoms with van der Waals surface area (Å²) in [5.74, 6) is -0.228. The van der Waals surface area contributed by atoms with Gasteiger partial charge in [0.05, 0.1) is 17.5 Å². The SMILES string of the molecule is O=C(O)c1ccc(OC2CN(Cc3cn[nH]c3-c3ccccc3)C2)cc1. The Bertz CT molecular complexity index is 884. The molecule has 1 aliphatic heterocycles. The third-order valence-electron chi connectivity index (χ3n) is 4.50. The van der Waals surface area contributed by atoms with E-state index >= 15 is 0 Å². The molecule has 132 valence electrons. The Balaban J connectivity index is 1.32. The molecule has 0 unspecified atom stereocenters. The molecule has 26 heavy (non-hydrogen) atoms. The maximum atomic E-state index is 10.9. The predicted octanol–water partition coefficient (Wildman–Crippen LogP) is 3.04. The molecule has 0 saturated carbocycles. The molecule has 0 spiro atoms. The maximum Gasteiger partial charge on any atom is 0.335 e. The van der Waals surface area contributed by atoms with Gasteiger partial charge >= 0.3 is 5.97 Å². The minimum atomic E-state index is -0.930. The van der Waals surface area contributed by atoms with E-state index in [1.807, 2.05) is 24.4 Å². The Labute approximate surface area is 151 Å². The zero-order valence-corrected chi connectivity index (χ0v) is 14.1. The van der Waals surface area contributed by atoms with Crippen molar-refractivity contribution in [2.45, 2.75) is 12.6 Å². The number of likely N-dealkylation sites (tertiary alicyclic amines) is 1. The number of H-pyrrole nitrogens is 1. The summed E-state index contributed by atoms with van der Waals surface area (Å²) in [4.78, 5) is 13.2. The first kappa shape index (κ1) is 16.4. The van der Waals surface area contributed by atoms with Crippen molar-refractivity contribution in [2.75, 3.05) is 13.1 Å². The van der Waals surface area contributed by atoms with Gasteiger partial charge in [-0.15, -0.1) is 0 Å². The van der Waals surface area contributed by atoms with Crippen molar-refractivity contribution in [3.05, 3.63) is 71.9 Å². The molecule has 0 bridgehead atoms. The van der Waals surface area contributed by atoms with E-state index in [0.29, 0.717) is 5.75 Å². The molecule has 3 aromatic rings. The minimum Gasteiger partial charge on any atom is -0.488 e. The van der Waals surface area contributed by atoms with E-state index in [4.69, 9.17) is 9.84 Å². The summed E-state index contributed by atoms with van der Waals surface area (Å²) in [6.07, 6.45) is 2.00. The van der Waals surface area contributed by atoms with Crippen LogP contribution >= 0.6 is 0 Å². The number of hydrogen-bond acceptors (Lipinski definition) is 4. The zero-order chi connectivity index (χ0) is 17.9. The molecule has 6 nitrogen and oxygen atoms in total. The number of aromatic carboxylic acids is 1. The first-order valence-corrected chi connectivity index (χ1v) is 8.49. The molecule has 2 N–H and O–H groups in total. The van der Waals surface area contributed by atoms with E-state index in [1.165, 1.54) is 5.56 Å². The van der Waals surface area contributed by atoms with E-state index in [2.05, 4.69) is 27.2 Å². The van der Waals surface area contributed by atoms with E-state index in [0.717, 1.165) is 30.9 Å². The Hall–Kier alpha value is -3.12. The van der Waals surface area contributed by atoms with Crippen molar-refractivity contribution in [2.24, 2.45) is 0 Å². The lowest BCUT2D eigenvalue weighted by molar-refractivity contribution is 0.0147. The van der Waals surface area contributed by atoms with Gasteiger partial charge in [0, 0.05) is 25.2 Å². The van der Waals surface area contributed by atoms with Gasteiger partial charge in [-0.2, -0.15) is 5.10 Å². The molecule has 0 amide bonds. The van der Waals surface area contributed by atoms with Crippen molar-refractivity contribution < 1.29 is 14.6 Å². The highest BCUT2D eigenvalue weighted by molar-refractivity contribution is 5.87. The number of hydrogen-bond donors (Lipinski definition) is 2. The third kappa shape index (κ3) is 3.45. The molecular formula is C20H19N3O3. The number of rotatable bonds is 6. The number of carboxylic acid groups (broad SMARTS) is 1. The van der Waals surface area contributed by atoms with E-state index in [1.54, 1.807) is 24.3 Å². The molecule has 2 heterocycles. The van der Waals surface area contributed by atoms with Crippen LogP contribution in [0.5, 0.6) is 5.75 Å². The first-order chi connectivity index (χ1) is 12.7. The summed E-state index contributed by atoms with van der Waals surface area (Å²) < 4.78 is 5.89. The third-order valence-corrected chi connectivity index (χ3v) is 4.50. The molecule has 1 saturated heterocycles. The van der Waals surface area contributed by atoms with Crippen molar-refractivity contribution in [3.63, 3.8) is 0 Å². The van der Waals surface area contributed by atoms with Crippen molar-refractivity contribution >= 4 is 5.97 Å². The molecule has 1 aliphatic rings. The molecule has 0 atom stereocenters. The summed E-state index contributed by atoms with van der Waals surface area (Å²) in [6.45, 7) is 2.48. The Morgan fingerprint density at radius 2 is 1.88 bits per heavy atom. The Morgan fingerprint density at radius 1 is 1.15 bits per heavy atom. The molecule has 0 radical (unpaired) electrons. The molecule has 1 fully saturated rings. The second-order valence-corrected chi connectivity index (χ2v) is 6.40. The fourth-order valence-electron chi connectivity index (χ4n) is 3.12. The summed E-state index contributed by atoms with van der Waals surface area (Å²) in [7, 11) is 0. The van der Waals surface area contributed by atoms with Crippen LogP contribution in [0.3, 0.4) is 0 Å². The van der Waals surface area contributed by atoms with E-state index < -0.39 is 5.97 Å². The average Bonchev–Trinajstić information content (AvgIpc) is 3.09. The molecule has 0 aliphatic carbocycles. The number of benzene rings is 2. The number of aromatic nitrogens is 2. The number of ether oxygens (including phenoxy) is 1. The topological polar surface area (TPSA) is 78.5 Å². The lowest BCUT2D eigenvalue weighted by atomic mass is 10.1. The van der Waals surface area contributed by atoms with Crippen molar-refractivity contribution in [1.29, 1.82) is 0 Å². The van der Waals surface area contributed by atoms with Crippen LogP contribution in [0.15, 0.2) is 60.8 Å². The second kappa shape index (κ2) is 7.01. The van der Waals surface area contributed by atoms with E-state index in [-0.39, 0.29) is 11.7 Å². The number of aromatic amines is 1. The molecular weight excluding hydrogens is 330 g/mol. The largest absolute Gasteiger partial charge is 0.488 e. The number of nitrogens with zero attached hydrogens (tertiary/aromatic N) is 2. The quantitative estimate of drug-likeness (QED) is 0.715. The van der Waals surface area contributed by atoms with Gasteiger partial charge in [-0.1, -0.05) is 30.3 Å². The first-order valence-electron chi connectivity index (χ1n) is 8.49. The fourth-order valence-corrected chi connectivity index (χ4v) is 3.12. The van der Waals surface area contributed by atoms with Crippen LogP contribution in [-0.2, 0) is 6.54 Å². The standard InChI is InChI=1S/C20H19N3O3/c24-20(25)15-6-8-17(9-7-15)26-18-12-23(13-18)11-16-10-21-22-19(16)14-4-2-1-3-5-14/h1-10,18H,11-13H2,(H,21,22)(H,24,25). The van der Waals surface area contributed by atoms with Gasteiger partial charge in [0.15, 0.2) is 0 Å². The summed E-state index contributed by atoms with van der Waals surface area (Å²) >= 11 is 0. The lowest BCUT2D eigenvalue weighted by Gasteiger charge is -2.38. The monoisotopic (exact) mass is 349 g/mol. The number of nitrogens with one attached hydrogen (secondary N) is 1. The summed E-state index contributed by atoms with van der Waals surface area (Å²) in [5.41, 5.74) is 3.62. The second-order valence-electron chi connectivity index (χ2n) is 6.40. The van der Waals surface area contributed by atoms with Crippen LogP contribution in [-0.4, -0.2) is 45.4 Å². The number of carbonyl (C=O) groups is 1. The maximum absolute atomic E-state index is 10.9. The van der Waals surface area contributed by atoms with Crippen LogP contribution in [0.25, 0.3) is 11.3 Å². The van der Waals surface area contributed by atoms with Crippen LogP contribution < -0.4 is 4.74 Å². The number of carboxylic acids is 1. The van der Waals surface area contributed by atoms with Gasteiger partial charge < -0.3 is 9.84 Å². The van der Waals surface area contributed by atoms with Gasteiger partial charge in [-0.05, 0) is 29.8 Å². The predicted molar refractivity (Wildman–Crippen MR) is 97.1 cm³/mol. The highest BCUT2D eigenvalue weighted by Gasteiger charge is 2.29. The minimum absolute atomic E-state index is 0.123. The van der Waals surface area contributed by atoms with Crippen LogP contribution in [0.1, 0.15) is 15.9 Å². The Kier molecular flexibility index (Phi) is 4.41. The molecule has 2 aromatic carbocycles. The van der Waals surface area contributed by atoms with Gasteiger partial charge in [0.2, 0.25) is 0 Å². The van der Waals surface area contributed by atoms with Crippen LogP contribution in [0.4, 0.5) is 0 Å². The van der Waals surface area contributed by atoms with Gasteiger partial charge in [0.25, 0.3) is 0 Å². The van der Waals surface area contributed by atoms with Gasteiger partial charge in [-0.25, -0.2) is 4.79 Å². The smallest absolute Gasteiger partial charge is 0.335 e. The van der Waals surface area contributed by atoms with Crippen molar-refractivity contribution in [1.82, 2.24) is 15.1 Å². The lowest BCUT2D eigenvalue weighted by Crippen LogP contribution is -2.53. The zero-order valence-electron chi connectivity index (χ0n) is 14.1. The van der Waals surface area contributed by atoms with Crippen LogP contribution in [0.2, 0.25) is 0 Å².